The lowest BCUT2D eigenvalue weighted by Crippen LogP contribution is -2.22. The number of nitrogens with two attached hydrogens (primary N) is 1. The second-order valence-electron chi connectivity index (χ2n) is 2.67. The van der Waals surface area contributed by atoms with Gasteiger partial charge in [0.2, 0.25) is 0 Å². The maximum Gasteiger partial charge on any atom is 0.327 e. The molecule has 0 saturated carbocycles. The third-order valence-corrected chi connectivity index (χ3v) is 2.59. The third-order valence-electron chi connectivity index (χ3n) is 1.75. The molecule has 76 valence electrons. The molecule has 0 unspecified atom stereocenters. The first-order valence-electron chi connectivity index (χ1n) is 3.84. The second-order valence-corrected chi connectivity index (χ2v) is 3.99. The summed E-state index contributed by atoms with van der Waals surface area (Å²) in [6.07, 6.45) is 0. The molecule has 0 heterocycles. The van der Waals surface area contributed by atoms with E-state index in [-0.39, 0.29) is 0 Å². The lowest BCUT2D eigenvalue weighted by molar-refractivity contribution is -0.142. The molecular weight excluding hydrogens is 269 g/mol. The molecule has 1 atom stereocenters. The van der Waals surface area contributed by atoms with Crippen LogP contribution in [0.5, 0.6) is 0 Å². The molecule has 0 bridgehead atoms. The van der Waals surface area contributed by atoms with Gasteiger partial charge >= 0.3 is 5.97 Å². The van der Waals surface area contributed by atoms with Gasteiger partial charge in [0, 0.05) is 9.50 Å². The van der Waals surface area contributed by atoms with Crippen molar-refractivity contribution >= 4 is 33.5 Å². The van der Waals surface area contributed by atoms with Gasteiger partial charge in [-0.05, 0) is 23.8 Å². The molecule has 3 nitrogen and oxygen atoms in total. The number of rotatable bonds is 2. The largest absolute Gasteiger partial charge is 0.468 e. The summed E-state index contributed by atoms with van der Waals surface area (Å²) in [5.74, 6) is -0.509. The van der Waals surface area contributed by atoms with Gasteiger partial charge in [-0.3, -0.25) is 4.79 Å². The molecule has 0 aromatic heterocycles. The fourth-order valence-corrected chi connectivity index (χ4v) is 1.62. The van der Waals surface area contributed by atoms with Crippen LogP contribution in [0.25, 0.3) is 0 Å². The van der Waals surface area contributed by atoms with Gasteiger partial charge in [-0.15, -0.1) is 0 Å². The minimum atomic E-state index is -0.843. The lowest BCUT2D eigenvalue weighted by atomic mass is 10.1. The van der Waals surface area contributed by atoms with E-state index in [0.717, 1.165) is 4.47 Å². The van der Waals surface area contributed by atoms with Crippen LogP contribution in [-0.4, -0.2) is 13.1 Å². The second kappa shape index (κ2) is 4.77. The van der Waals surface area contributed by atoms with Gasteiger partial charge in [0.05, 0.1) is 7.11 Å². The van der Waals surface area contributed by atoms with Crippen molar-refractivity contribution in [3.63, 3.8) is 0 Å². The van der Waals surface area contributed by atoms with Gasteiger partial charge in [-0.1, -0.05) is 27.5 Å². The highest BCUT2D eigenvalue weighted by molar-refractivity contribution is 9.10. The maximum atomic E-state index is 11.2. The molecule has 5 heteroatoms. The van der Waals surface area contributed by atoms with E-state index in [9.17, 15) is 4.79 Å². The zero-order chi connectivity index (χ0) is 10.7. The summed E-state index contributed by atoms with van der Waals surface area (Å²) in [5, 5.41) is 0.450. The van der Waals surface area contributed by atoms with Crippen LogP contribution in [0.15, 0.2) is 22.7 Å². The minimum absolute atomic E-state index is 0.450. The van der Waals surface area contributed by atoms with Crippen molar-refractivity contribution in [1.29, 1.82) is 0 Å². The number of hydrogen-bond acceptors (Lipinski definition) is 3. The van der Waals surface area contributed by atoms with E-state index in [4.69, 9.17) is 17.3 Å². The van der Waals surface area contributed by atoms with Crippen molar-refractivity contribution in [3.05, 3.63) is 33.3 Å². The summed E-state index contributed by atoms with van der Waals surface area (Å²) in [7, 11) is 1.29. The van der Waals surface area contributed by atoms with Crippen LogP contribution in [-0.2, 0) is 9.53 Å². The van der Waals surface area contributed by atoms with E-state index >= 15 is 0 Å². The van der Waals surface area contributed by atoms with Gasteiger partial charge in [-0.2, -0.15) is 0 Å². The van der Waals surface area contributed by atoms with Crippen LogP contribution in [0.4, 0.5) is 0 Å². The average molecular weight is 279 g/mol. The highest BCUT2D eigenvalue weighted by Gasteiger charge is 2.19. The molecule has 2 N–H and O–H groups in total. The van der Waals surface area contributed by atoms with Gasteiger partial charge in [0.15, 0.2) is 0 Å². The Kier molecular flexibility index (Phi) is 3.92. The van der Waals surface area contributed by atoms with E-state index in [1.54, 1.807) is 18.2 Å². The molecule has 0 fully saturated rings. The first-order chi connectivity index (χ1) is 6.56. The standard InChI is InChI=1S/C9H9BrClNO2/c1-14-9(13)8(12)6-4-5(10)2-3-7(6)11/h2-4,8H,12H2,1H3/t8-/m0/s1. The number of carbonyl (C=O) groups excluding carboxylic acids is 1. The van der Waals surface area contributed by atoms with E-state index in [0.29, 0.717) is 10.6 Å². The third kappa shape index (κ3) is 2.47. The summed E-state index contributed by atoms with van der Waals surface area (Å²) in [5.41, 5.74) is 6.19. The van der Waals surface area contributed by atoms with Crippen molar-refractivity contribution in [1.82, 2.24) is 0 Å². The fraction of sp³-hybridized carbons (Fsp3) is 0.222. The summed E-state index contributed by atoms with van der Waals surface area (Å²) in [6, 6.07) is 4.30. The number of ether oxygens (including phenoxy) is 1. The molecule has 1 rings (SSSR count). The van der Waals surface area contributed by atoms with Gasteiger partial charge < -0.3 is 10.5 Å². The molecule has 0 aliphatic carbocycles. The first-order valence-corrected chi connectivity index (χ1v) is 5.01. The Morgan fingerprint density at radius 3 is 2.86 bits per heavy atom. The van der Waals surface area contributed by atoms with Crippen LogP contribution in [0.1, 0.15) is 11.6 Å². The average Bonchev–Trinajstić information content (AvgIpc) is 2.19. The molecule has 0 aliphatic heterocycles. The van der Waals surface area contributed by atoms with E-state index < -0.39 is 12.0 Å². The fourth-order valence-electron chi connectivity index (χ4n) is 1.01. The van der Waals surface area contributed by atoms with Gasteiger partial charge in [0.1, 0.15) is 6.04 Å². The quantitative estimate of drug-likeness (QED) is 0.844. The predicted molar refractivity (Wildman–Crippen MR) is 58.1 cm³/mol. The summed E-state index contributed by atoms with van der Waals surface area (Å²) in [6.45, 7) is 0. The summed E-state index contributed by atoms with van der Waals surface area (Å²) >= 11 is 9.15. The Morgan fingerprint density at radius 1 is 1.64 bits per heavy atom. The van der Waals surface area contributed by atoms with Gasteiger partial charge in [0.25, 0.3) is 0 Å². The van der Waals surface area contributed by atoms with Crippen molar-refractivity contribution in [2.24, 2.45) is 5.73 Å². The van der Waals surface area contributed by atoms with Crippen LogP contribution >= 0.6 is 27.5 Å². The zero-order valence-electron chi connectivity index (χ0n) is 7.46. The number of esters is 1. The molecule has 0 spiro atoms. The predicted octanol–water partition coefficient (Wildman–Crippen LogP) is 2.28. The highest BCUT2D eigenvalue weighted by Crippen LogP contribution is 2.25. The summed E-state index contributed by atoms with van der Waals surface area (Å²) in [4.78, 5) is 11.2. The van der Waals surface area contributed by atoms with Crippen LogP contribution in [0.2, 0.25) is 5.02 Å². The van der Waals surface area contributed by atoms with Gasteiger partial charge in [-0.25, -0.2) is 0 Å². The van der Waals surface area contributed by atoms with E-state index in [1.165, 1.54) is 7.11 Å². The molecule has 0 saturated heterocycles. The molecule has 0 amide bonds. The lowest BCUT2D eigenvalue weighted by Gasteiger charge is -2.11. The van der Waals surface area contributed by atoms with Crippen LogP contribution in [0, 0.1) is 0 Å². The number of hydrogen-bond donors (Lipinski definition) is 1. The topological polar surface area (TPSA) is 52.3 Å². The monoisotopic (exact) mass is 277 g/mol. The van der Waals surface area contributed by atoms with E-state index in [2.05, 4.69) is 20.7 Å². The Morgan fingerprint density at radius 2 is 2.29 bits per heavy atom. The molecule has 0 aliphatic rings. The SMILES string of the molecule is COC(=O)[C@@H](N)c1cc(Br)ccc1Cl. The molecule has 1 aromatic carbocycles. The molecular formula is C9H9BrClNO2. The minimum Gasteiger partial charge on any atom is -0.468 e. The first kappa shape index (κ1) is 11.5. The molecule has 14 heavy (non-hydrogen) atoms. The van der Waals surface area contributed by atoms with Crippen LogP contribution in [0.3, 0.4) is 0 Å². The Bertz CT molecular complexity index is 357. The summed E-state index contributed by atoms with van der Waals surface area (Å²) < 4.78 is 5.34. The number of halogens is 2. The number of carbonyl (C=O) groups is 1. The Hall–Kier alpha value is -0.580. The van der Waals surface area contributed by atoms with Crippen molar-refractivity contribution < 1.29 is 9.53 Å². The Balaban J connectivity index is 3.05. The van der Waals surface area contributed by atoms with Crippen molar-refractivity contribution in [2.45, 2.75) is 6.04 Å². The zero-order valence-corrected chi connectivity index (χ0v) is 9.80. The van der Waals surface area contributed by atoms with Crippen LogP contribution < -0.4 is 5.73 Å². The molecule has 0 radical (unpaired) electrons. The smallest absolute Gasteiger partial charge is 0.327 e. The van der Waals surface area contributed by atoms with Crippen molar-refractivity contribution in [3.8, 4) is 0 Å². The molecule has 1 aromatic rings. The van der Waals surface area contributed by atoms with E-state index in [1.807, 2.05) is 0 Å². The number of methoxy groups -OCH3 is 1. The number of benzene rings is 1. The normalized spacial score (nSPS) is 12.3. The van der Waals surface area contributed by atoms with Crippen molar-refractivity contribution in [2.75, 3.05) is 7.11 Å². The Labute approximate surface area is 95.3 Å². The highest BCUT2D eigenvalue weighted by atomic mass is 79.9. The maximum absolute atomic E-state index is 11.2.